The summed E-state index contributed by atoms with van der Waals surface area (Å²) in [5.74, 6) is 1.73. The summed E-state index contributed by atoms with van der Waals surface area (Å²) in [6.45, 7) is 6.19. The van der Waals surface area contributed by atoms with Crippen LogP contribution in [0.4, 0.5) is 0 Å². The number of rotatable bonds is 9. The van der Waals surface area contributed by atoms with Crippen LogP contribution in [0.2, 0.25) is 0 Å². The lowest BCUT2D eigenvalue weighted by Gasteiger charge is -2.19. The molecule has 2 rings (SSSR count). The minimum absolute atomic E-state index is 0.322. The Kier molecular flexibility index (Phi) is 8.93. The Labute approximate surface area is 158 Å². The van der Waals surface area contributed by atoms with Gasteiger partial charge >= 0.3 is 0 Å². The van der Waals surface area contributed by atoms with Crippen molar-refractivity contribution in [1.82, 2.24) is 10.6 Å². The molecular formula is C22H36N2O2. The molecule has 0 radical (unpaired) electrons. The van der Waals surface area contributed by atoms with Crippen LogP contribution in [0.3, 0.4) is 0 Å². The summed E-state index contributed by atoms with van der Waals surface area (Å²) in [6, 6.07) is 0. The van der Waals surface area contributed by atoms with Gasteiger partial charge < -0.3 is 10.6 Å². The van der Waals surface area contributed by atoms with Gasteiger partial charge in [-0.25, -0.2) is 0 Å². The third-order valence-electron chi connectivity index (χ3n) is 5.54. The standard InChI is InChI=1S/C22H36N2O2/c1-17-7-9-19(21(25)13-17)15-23-11-5-3-4-6-12-24-16-20-10-8-18(2)14-22(20)26/h15-18,23-24H,3-14H2,1-2H3/b19-15-,20-16+/t17-,18+/m1/s1. The molecule has 2 N–H and O–H groups in total. The maximum Gasteiger partial charge on any atom is 0.160 e. The molecule has 0 amide bonds. The molecule has 26 heavy (non-hydrogen) atoms. The quantitative estimate of drug-likeness (QED) is 0.476. The molecule has 0 spiro atoms. The van der Waals surface area contributed by atoms with Crippen LogP contribution in [0.5, 0.6) is 0 Å². The highest BCUT2D eigenvalue weighted by molar-refractivity contribution is 5.96. The predicted octanol–water partition coefficient (Wildman–Crippen LogP) is 4.27. The molecule has 2 atom stereocenters. The van der Waals surface area contributed by atoms with Crippen molar-refractivity contribution < 1.29 is 9.59 Å². The molecule has 0 aromatic rings. The van der Waals surface area contributed by atoms with Crippen LogP contribution < -0.4 is 10.6 Å². The fraction of sp³-hybridized carbons (Fsp3) is 0.727. The number of carbonyl (C=O) groups excluding carboxylic acids is 2. The van der Waals surface area contributed by atoms with Crippen molar-refractivity contribution in [2.75, 3.05) is 13.1 Å². The number of ketones is 2. The Balaban J connectivity index is 1.46. The molecule has 2 fully saturated rings. The average Bonchev–Trinajstić information content (AvgIpc) is 2.59. The van der Waals surface area contributed by atoms with Crippen molar-refractivity contribution in [3.05, 3.63) is 23.5 Å². The summed E-state index contributed by atoms with van der Waals surface area (Å²) in [4.78, 5) is 23.8. The van der Waals surface area contributed by atoms with Gasteiger partial charge in [0.15, 0.2) is 11.6 Å². The molecule has 0 heterocycles. The topological polar surface area (TPSA) is 58.2 Å². The van der Waals surface area contributed by atoms with Crippen molar-refractivity contribution in [3.8, 4) is 0 Å². The number of allylic oxidation sites excluding steroid dienone is 2. The zero-order chi connectivity index (χ0) is 18.8. The summed E-state index contributed by atoms with van der Waals surface area (Å²) in [7, 11) is 0. The third-order valence-corrected chi connectivity index (χ3v) is 5.54. The molecule has 0 aliphatic heterocycles. The number of nitrogens with one attached hydrogen (secondary N) is 2. The van der Waals surface area contributed by atoms with Crippen molar-refractivity contribution in [1.29, 1.82) is 0 Å². The number of hydrogen-bond acceptors (Lipinski definition) is 4. The predicted molar refractivity (Wildman–Crippen MR) is 107 cm³/mol. The fourth-order valence-electron chi connectivity index (χ4n) is 3.69. The van der Waals surface area contributed by atoms with Crippen molar-refractivity contribution >= 4 is 11.6 Å². The van der Waals surface area contributed by atoms with Gasteiger partial charge in [0, 0.05) is 49.5 Å². The SMILES string of the molecule is C[C@@H]1CC/C(=C/NCCCCCCN/C=C2\CC[C@H](C)CC2=O)C(=O)C1. The van der Waals surface area contributed by atoms with Crippen LogP contribution in [0, 0.1) is 11.8 Å². The largest absolute Gasteiger partial charge is 0.391 e. The van der Waals surface area contributed by atoms with Gasteiger partial charge in [-0.15, -0.1) is 0 Å². The molecule has 2 aliphatic rings. The minimum atomic E-state index is 0.322. The normalized spacial score (nSPS) is 27.2. The lowest BCUT2D eigenvalue weighted by Crippen LogP contribution is -2.19. The maximum atomic E-state index is 11.9. The molecule has 0 bridgehead atoms. The molecule has 4 heteroatoms. The van der Waals surface area contributed by atoms with E-state index in [-0.39, 0.29) is 0 Å². The van der Waals surface area contributed by atoms with E-state index >= 15 is 0 Å². The van der Waals surface area contributed by atoms with E-state index in [4.69, 9.17) is 0 Å². The molecule has 0 unspecified atom stereocenters. The van der Waals surface area contributed by atoms with Gasteiger partial charge in [-0.05, 0) is 50.4 Å². The van der Waals surface area contributed by atoms with Crippen LogP contribution in [0.25, 0.3) is 0 Å². The summed E-state index contributed by atoms with van der Waals surface area (Å²) >= 11 is 0. The van der Waals surface area contributed by atoms with E-state index in [9.17, 15) is 9.59 Å². The van der Waals surface area contributed by atoms with Crippen LogP contribution in [-0.2, 0) is 9.59 Å². The monoisotopic (exact) mass is 360 g/mol. The number of unbranched alkanes of at least 4 members (excludes halogenated alkanes) is 3. The minimum Gasteiger partial charge on any atom is -0.391 e. The van der Waals surface area contributed by atoms with Crippen molar-refractivity contribution in [2.45, 2.75) is 78.1 Å². The van der Waals surface area contributed by atoms with E-state index in [1.54, 1.807) is 0 Å². The molecule has 0 aromatic heterocycles. The van der Waals surface area contributed by atoms with Gasteiger partial charge in [0.05, 0.1) is 0 Å². The second-order valence-corrected chi connectivity index (χ2v) is 8.20. The molecule has 146 valence electrons. The Hall–Kier alpha value is -1.58. The van der Waals surface area contributed by atoms with E-state index in [0.717, 1.165) is 62.8 Å². The van der Waals surface area contributed by atoms with Gasteiger partial charge in [-0.3, -0.25) is 9.59 Å². The molecule has 0 saturated heterocycles. The van der Waals surface area contributed by atoms with Crippen molar-refractivity contribution in [3.63, 3.8) is 0 Å². The van der Waals surface area contributed by atoms with Gasteiger partial charge in [0.2, 0.25) is 0 Å². The Morgan fingerprint density at radius 1 is 0.769 bits per heavy atom. The fourth-order valence-corrected chi connectivity index (χ4v) is 3.69. The number of Topliss-reactive ketones (excluding diaryl/α,β-unsaturated/α-hetero) is 2. The van der Waals surface area contributed by atoms with Crippen LogP contribution in [0.15, 0.2) is 23.5 Å². The second-order valence-electron chi connectivity index (χ2n) is 8.20. The van der Waals surface area contributed by atoms with Crippen LogP contribution in [-0.4, -0.2) is 24.7 Å². The number of hydrogen-bond donors (Lipinski definition) is 2. The number of carbonyl (C=O) groups is 2. The highest BCUT2D eigenvalue weighted by Gasteiger charge is 2.20. The first-order chi connectivity index (χ1) is 12.6. The summed E-state index contributed by atoms with van der Waals surface area (Å²) in [5.41, 5.74) is 1.96. The van der Waals surface area contributed by atoms with Gasteiger partial charge in [0.1, 0.15) is 0 Å². The molecule has 2 saturated carbocycles. The van der Waals surface area contributed by atoms with E-state index in [1.165, 1.54) is 12.8 Å². The average molecular weight is 361 g/mol. The van der Waals surface area contributed by atoms with Gasteiger partial charge in [0.25, 0.3) is 0 Å². The first-order valence-electron chi connectivity index (χ1n) is 10.5. The second kappa shape index (κ2) is 11.2. The smallest absolute Gasteiger partial charge is 0.160 e. The van der Waals surface area contributed by atoms with E-state index in [1.807, 2.05) is 12.4 Å². The van der Waals surface area contributed by atoms with E-state index in [2.05, 4.69) is 24.5 Å². The molecule has 0 aromatic carbocycles. The third kappa shape index (κ3) is 7.35. The Morgan fingerprint density at radius 3 is 1.58 bits per heavy atom. The summed E-state index contributed by atoms with van der Waals surface area (Å²) < 4.78 is 0. The zero-order valence-corrected chi connectivity index (χ0v) is 16.6. The zero-order valence-electron chi connectivity index (χ0n) is 16.6. The first-order valence-corrected chi connectivity index (χ1v) is 10.5. The van der Waals surface area contributed by atoms with Gasteiger partial charge in [-0.2, -0.15) is 0 Å². The molecule has 2 aliphatic carbocycles. The summed E-state index contributed by atoms with van der Waals surface area (Å²) in [5, 5.41) is 6.62. The van der Waals surface area contributed by atoms with E-state index < -0.39 is 0 Å². The highest BCUT2D eigenvalue weighted by atomic mass is 16.1. The Morgan fingerprint density at radius 2 is 1.19 bits per heavy atom. The highest BCUT2D eigenvalue weighted by Crippen LogP contribution is 2.25. The van der Waals surface area contributed by atoms with Crippen molar-refractivity contribution in [2.24, 2.45) is 11.8 Å². The lowest BCUT2D eigenvalue weighted by molar-refractivity contribution is -0.118. The molecule has 4 nitrogen and oxygen atoms in total. The Bertz CT molecular complexity index is 488. The van der Waals surface area contributed by atoms with Crippen LogP contribution in [0.1, 0.15) is 78.1 Å². The maximum absolute atomic E-state index is 11.9. The van der Waals surface area contributed by atoms with Crippen LogP contribution >= 0.6 is 0 Å². The van der Waals surface area contributed by atoms with E-state index in [0.29, 0.717) is 36.2 Å². The molecular weight excluding hydrogens is 324 g/mol. The lowest BCUT2D eigenvalue weighted by atomic mass is 9.86. The first kappa shape index (κ1) is 20.7. The summed E-state index contributed by atoms with van der Waals surface area (Å²) in [6.07, 6.45) is 14.1. The van der Waals surface area contributed by atoms with Gasteiger partial charge in [-0.1, -0.05) is 26.7 Å².